The van der Waals surface area contributed by atoms with E-state index in [0.29, 0.717) is 24.5 Å². The van der Waals surface area contributed by atoms with Gasteiger partial charge >= 0.3 is 0 Å². The van der Waals surface area contributed by atoms with Crippen LogP contribution in [0.15, 0.2) is 114 Å². The molecule has 0 aliphatic rings. The minimum absolute atomic E-state index is 0.319. The molecule has 41 heavy (non-hydrogen) atoms. The maximum atomic E-state index is 12.8. The topological polar surface area (TPSA) is 77.7 Å². The average Bonchev–Trinajstić information content (AvgIpc) is 3.45. The van der Waals surface area contributed by atoms with Crippen LogP contribution in [0.1, 0.15) is 40.4 Å². The third-order valence-corrected chi connectivity index (χ3v) is 6.38. The van der Waals surface area contributed by atoms with Crippen LogP contribution in [-0.4, -0.2) is 28.5 Å². The van der Waals surface area contributed by atoms with Gasteiger partial charge in [0.05, 0.1) is 18.5 Å². The van der Waals surface area contributed by atoms with Crippen LogP contribution in [0.2, 0.25) is 0 Å². The van der Waals surface area contributed by atoms with Gasteiger partial charge in [-0.2, -0.15) is 10.2 Å². The van der Waals surface area contributed by atoms with E-state index in [1.807, 2.05) is 72.9 Å². The molecule has 7 heteroatoms. The van der Waals surface area contributed by atoms with E-state index in [1.54, 1.807) is 35.2 Å². The predicted octanol–water partition coefficient (Wildman–Crippen LogP) is 6.98. The van der Waals surface area contributed by atoms with Gasteiger partial charge in [0.15, 0.2) is 0 Å². The first-order valence-corrected chi connectivity index (χ1v) is 13.6. The number of hydrazone groups is 1. The first-order valence-electron chi connectivity index (χ1n) is 13.6. The van der Waals surface area contributed by atoms with Crippen LogP contribution in [0.25, 0.3) is 16.9 Å². The fourth-order valence-corrected chi connectivity index (χ4v) is 4.13. The molecule has 206 valence electrons. The maximum Gasteiger partial charge on any atom is 0.271 e. The third kappa shape index (κ3) is 7.28. The summed E-state index contributed by atoms with van der Waals surface area (Å²) in [6, 6.07) is 32.9. The van der Waals surface area contributed by atoms with Crippen LogP contribution in [0.3, 0.4) is 0 Å². The van der Waals surface area contributed by atoms with Crippen molar-refractivity contribution in [3.05, 3.63) is 132 Å². The monoisotopic (exact) mass is 544 g/mol. The van der Waals surface area contributed by atoms with Gasteiger partial charge in [-0.1, -0.05) is 55.0 Å². The van der Waals surface area contributed by atoms with Crippen molar-refractivity contribution in [3.8, 4) is 28.4 Å². The largest absolute Gasteiger partial charge is 0.494 e. The van der Waals surface area contributed by atoms with Crippen LogP contribution in [0.5, 0.6) is 11.5 Å². The molecule has 5 rings (SSSR count). The summed E-state index contributed by atoms with van der Waals surface area (Å²) in [5.74, 6) is 1.18. The summed E-state index contributed by atoms with van der Waals surface area (Å²) in [6.07, 6.45) is 4.45. The van der Waals surface area contributed by atoms with Gasteiger partial charge in [-0.15, -0.1) is 0 Å². The Morgan fingerprint density at radius 2 is 1.56 bits per heavy atom. The van der Waals surface area contributed by atoms with Gasteiger partial charge in [-0.3, -0.25) is 4.79 Å². The normalized spacial score (nSPS) is 11.0. The molecule has 0 saturated carbocycles. The summed E-state index contributed by atoms with van der Waals surface area (Å²) < 4.78 is 13.4. The number of aromatic nitrogens is 2. The summed E-state index contributed by atoms with van der Waals surface area (Å²) >= 11 is 0. The van der Waals surface area contributed by atoms with E-state index in [4.69, 9.17) is 14.6 Å². The van der Waals surface area contributed by atoms with Gasteiger partial charge < -0.3 is 9.47 Å². The van der Waals surface area contributed by atoms with Gasteiger partial charge in [-0.05, 0) is 79.6 Å². The molecule has 0 saturated heterocycles. The summed E-state index contributed by atoms with van der Waals surface area (Å²) in [5.41, 5.74) is 8.73. The molecule has 0 radical (unpaired) electrons. The first-order chi connectivity index (χ1) is 20.1. The maximum absolute atomic E-state index is 12.8. The zero-order valence-electron chi connectivity index (χ0n) is 23.2. The van der Waals surface area contributed by atoms with E-state index in [2.05, 4.69) is 36.5 Å². The van der Waals surface area contributed by atoms with Gasteiger partial charge in [0, 0.05) is 22.9 Å². The molecule has 1 N–H and O–H groups in total. The van der Waals surface area contributed by atoms with Crippen molar-refractivity contribution in [2.45, 2.75) is 26.9 Å². The van der Waals surface area contributed by atoms with Crippen LogP contribution in [0, 0.1) is 6.92 Å². The first kappa shape index (κ1) is 27.4. The van der Waals surface area contributed by atoms with Crippen molar-refractivity contribution in [1.82, 2.24) is 15.2 Å². The Morgan fingerprint density at radius 3 is 2.27 bits per heavy atom. The predicted molar refractivity (Wildman–Crippen MR) is 162 cm³/mol. The number of nitrogens with one attached hydrogen (secondary N) is 1. The highest BCUT2D eigenvalue weighted by atomic mass is 16.5. The number of aryl methyl sites for hydroxylation is 1. The van der Waals surface area contributed by atoms with E-state index in [0.717, 1.165) is 40.2 Å². The number of carbonyl (C=O) groups excluding carboxylic acids is 1. The second kappa shape index (κ2) is 13.3. The van der Waals surface area contributed by atoms with Crippen molar-refractivity contribution in [2.24, 2.45) is 5.10 Å². The molecule has 0 unspecified atom stereocenters. The number of ether oxygens (including phenoxy) is 2. The van der Waals surface area contributed by atoms with Gasteiger partial charge in [0.2, 0.25) is 0 Å². The van der Waals surface area contributed by atoms with Crippen molar-refractivity contribution >= 4 is 12.1 Å². The molecule has 7 nitrogen and oxygen atoms in total. The summed E-state index contributed by atoms with van der Waals surface area (Å²) in [5, 5.41) is 9.05. The van der Waals surface area contributed by atoms with Crippen LogP contribution >= 0.6 is 0 Å². The van der Waals surface area contributed by atoms with Crippen molar-refractivity contribution in [1.29, 1.82) is 0 Å². The standard InChI is InChI=1S/C34H32N4O3/c1-3-21-40-31-17-13-27(14-18-31)33-29(23-38(37-33)30-7-5-4-6-8-30)22-35-36-34(39)28-15-19-32(20-16-28)41-24-26-11-9-25(2)10-12-26/h4-20,22-23H,3,21,24H2,1-2H3,(H,36,39)/b35-22+. The lowest BCUT2D eigenvalue weighted by molar-refractivity contribution is 0.0955. The lowest BCUT2D eigenvalue weighted by Gasteiger charge is -2.07. The number of para-hydroxylation sites is 1. The Kier molecular flexibility index (Phi) is 8.86. The van der Waals surface area contributed by atoms with Crippen molar-refractivity contribution in [3.63, 3.8) is 0 Å². The number of rotatable bonds is 11. The highest BCUT2D eigenvalue weighted by molar-refractivity contribution is 5.95. The minimum Gasteiger partial charge on any atom is -0.494 e. The summed E-state index contributed by atoms with van der Waals surface area (Å²) in [6.45, 7) is 5.26. The Labute approximate surface area is 240 Å². The number of benzene rings is 4. The quantitative estimate of drug-likeness (QED) is 0.144. The fourth-order valence-electron chi connectivity index (χ4n) is 4.13. The van der Waals surface area contributed by atoms with E-state index < -0.39 is 0 Å². The van der Waals surface area contributed by atoms with Crippen LogP contribution in [-0.2, 0) is 6.61 Å². The van der Waals surface area contributed by atoms with Crippen LogP contribution in [0.4, 0.5) is 0 Å². The van der Waals surface area contributed by atoms with Crippen molar-refractivity contribution in [2.75, 3.05) is 6.61 Å². The lowest BCUT2D eigenvalue weighted by atomic mass is 10.1. The molecule has 1 aromatic heterocycles. The minimum atomic E-state index is -0.319. The summed E-state index contributed by atoms with van der Waals surface area (Å²) in [4.78, 5) is 12.8. The Balaban J connectivity index is 1.27. The van der Waals surface area contributed by atoms with E-state index in [-0.39, 0.29) is 5.91 Å². The number of amides is 1. The molecular formula is C34H32N4O3. The molecule has 0 bridgehead atoms. The lowest BCUT2D eigenvalue weighted by Crippen LogP contribution is -2.17. The molecule has 1 amide bonds. The second-order valence-electron chi connectivity index (χ2n) is 9.58. The zero-order chi connectivity index (χ0) is 28.4. The molecule has 5 aromatic rings. The molecule has 0 atom stereocenters. The van der Waals surface area contributed by atoms with Crippen LogP contribution < -0.4 is 14.9 Å². The molecule has 1 heterocycles. The van der Waals surface area contributed by atoms with Gasteiger partial charge in [-0.25, -0.2) is 10.1 Å². The van der Waals surface area contributed by atoms with E-state index >= 15 is 0 Å². The number of hydrogen-bond donors (Lipinski definition) is 1. The second-order valence-corrected chi connectivity index (χ2v) is 9.58. The Morgan fingerprint density at radius 1 is 0.878 bits per heavy atom. The molecule has 0 fully saturated rings. The molecule has 0 aliphatic carbocycles. The molecular weight excluding hydrogens is 512 g/mol. The summed E-state index contributed by atoms with van der Waals surface area (Å²) in [7, 11) is 0. The number of carbonyl (C=O) groups is 1. The van der Waals surface area contributed by atoms with Gasteiger partial charge in [0.25, 0.3) is 5.91 Å². The van der Waals surface area contributed by atoms with E-state index in [9.17, 15) is 4.79 Å². The number of nitrogens with zero attached hydrogens (tertiary/aromatic N) is 3. The molecule has 4 aromatic carbocycles. The smallest absolute Gasteiger partial charge is 0.271 e. The third-order valence-electron chi connectivity index (χ3n) is 6.38. The fraction of sp³-hybridized carbons (Fsp3) is 0.147. The molecule has 0 aliphatic heterocycles. The van der Waals surface area contributed by atoms with Gasteiger partial charge in [0.1, 0.15) is 23.8 Å². The van der Waals surface area contributed by atoms with Crippen molar-refractivity contribution < 1.29 is 14.3 Å². The van der Waals surface area contributed by atoms with E-state index in [1.165, 1.54) is 5.56 Å². The highest BCUT2D eigenvalue weighted by Gasteiger charge is 2.12. The SMILES string of the molecule is CCCOc1ccc(-c2nn(-c3ccccc3)cc2/C=N/NC(=O)c2ccc(OCc3ccc(C)cc3)cc2)cc1. The Hall–Kier alpha value is -5.17. The Bertz CT molecular complexity index is 1590. The zero-order valence-corrected chi connectivity index (χ0v) is 23.2. The molecule has 0 spiro atoms. The average molecular weight is 545 g/mol. The highest BCUT2D eigenvalue weighted by Crippen LogP contribution is 2.25. The number of hydrogen-bond acceptors (Lipinski definition) is 5.